The smallest absolute Gasteiger partial charge is 0.0838 e. The molecule has 1 radical (unpaired) electrons. The van der Waals surface area contributed by atoms with Gasteiger partial charge in [0.15, 0.2) is 0 Å². The lowest BCUT2D eigenvalue weighted by Crippen LogP contribution is -2.41. The van der Waals surface area contributed by atoms with Gasteiger partial charge in [-0.15, -0.1) is 0 Å². The summed E-state index contributed by atoms with van der Waals surface area (Å²) in [5.74, 6) is 0. The number of nitrogens with one attached hydrogen (secondary N) is 1. The summed E-state index contributed by atoms with van der Waals surface area (Å²) >= 11 is 0. The molecule has 0 saturated carbocycles. The molecule has 0 spiro atoms. The van der Waals surface area contributed by atoms with Crippen molar-refractivity contribution in [3.8, 4) is 0 Å². The molecule has 1 aliphatic heterocycles. The minimum Gasteiger partial charge on any atom is -0.379 e. The topological polar surface area (TPSA) is 41.2 Å². The molecule has 0 amide bonds. The zero-order valence-electron chi connectivity index (χ0n) is 5.43. The summed E-state index contributed by atoms with van der Waals surface area (Å²) in [5.41, 5.74) is 0. The highest BCUT2D eigenvalue weighted by Crippen LogP contribution is 1.96. The maximum atomic E-state index is 10.1. The second-order valence-electron chi connectivity index (χ2n) is 2.22. The van der Waals surface area contributed by atoms with Crippen molar-refractivity contribution in [3.63, 3.8) is 0 Å². The Bertz CT molecular complexity index is 68.7. The predicted octanol–water partition coefficient (Wildman–Crippen LogP) is -0.205. The van der Waals surface area contributed by atoms with Crippen LogP contribution in [-0.4, -0.2) is 32.4 Å². The van der Waals surface area contributed by atoms with E-state index < -0.39 is 0 Å². The number of morpholine rings is 1. The Hall–Kier alpha value is -0.120. The average molecular weight is 130 g/mol. The predicted molar refractivity (Wildman–Crippen MR) is 32.8 cm³/mol. The third kappa shape index (κ3) is 2.30. The maximum Gasteiger partial charge on any atom is 0.0838 e. The fraction of sp³-hybridized carbons (Fsp3) is 1.00. The van der Waals surface area contributed by atoms with Crippen molar-refractivity contribution in [2.24, 2.45) is 0 Å². The fourth-order valence-corrected chi connectivity index (χ4v) is 0.947. The van der Waals surface area contributed by atoms with Crippen LogP contribution in [0.5, 0.6) is 0 Å². The molecule has 1 unspecified atom stereocenters. The molecule has 3 nitrogen and oxygen atoms in total. The standard InChI is InChI=1S/C6H12NO2/c8-3-1-6-5-9-4-2-7-6/h6-7H,1-5H2. The average Bonchev–Trinajstić information content (AvgIpc) is 1.91. The van der Waals surface area contributed by atoms with E-state index in [0.717, 1.165) is 13.2 Å². The number of ether oxygens (including phenoxy) is 1. The van der Waals surface area contributed by atoms with Crippen molar-refractivity contribution in [3.05, 3.63) is 0 Å². The Balaban J connectivity index is 2.08. The molecular formula is C6H12NO2. The summed E-state index contributed by atoms with van der Waals surface area (Å²) < 4.78 is 5.13. The first kappa shape index (κ1) is 6.99. The van der Waals surface area contributed by atoms with Gasteiger partial charge in [-0.3, -0.25) is 0 Å². The molecule has 53 valence electrons. The molecule has 0 bridgehead atoms. The molecule has 9 heavy (non-hydrogen) atoms. The van der Waals surface area contributed by atoms with Crippen molar-refractivity contribution in [2.75, 3.05) is 26.4 Å². The van der Waals surface area contributed by atoms with Crippen LogP contribution in [0.15, 0.2) is 0 Å². The number of rotatable bonds is 2. The lowest BCUT2D eigenvalue weighted by Gasteiger charge is -2.22. The van der Waals surface area contributed by atoms with Gasteiger partial charge in [-0.05, 0) is 6.42 Å². The van der Waals surface area contributed by atoms with Gasteiger partial charge < -0.3 is 10.1 Å². The lowest BCUT2D eigenvalue weighted by atomic mass is 10.2. The summed E-state index contributed by atoms with van der Waals surface area (Å²) in [6.07, 6.45) is 0.694. The second kappa shape index (κ2) is 3.82. The highest BCUT2D eigenvalue weighted by Gasteiger charge is 2.11. The van der Waals surface area contributed by atoms with Crippen LogP contribution in [0.25, 0.3) is 0 Å². The van der Waals surface area contributed by atoms with Gasteiger partial charge in [0.05, 0.1) is 19.8 Å². The Labute approximate surface area is 55.0 Å². The summed E-state index contributed by atoms with van der Waals surface area (Å²) in [6.45, 7) is 2.39. The lowest BCUT2D eigenvalue weighted by molar-refractivity contribution is 0.0612. The van der Waals surface area contributed by atoms with Gasteiger partial charge in [0.25, 0.3) is 0 Å². The van der Waals surface area contributed by atoms with Crippen molar-refractivity contribution < 1.29 is 9.84 Å². The first-order chi connectivity index (χ1) is 4.43. The van der Waals surface area contributed by atoms with Crippen LogP contribution >= 0.6 is 0 Å². The van der Waals surface area contributed by atoms with E-state index in [2.05, 4.69) is 5.32 Å². The van der Waals surface area contributed by atoms with E-state index in [4.69, 9.17) is 4.74 Å². The van der Waals surface area contributed by atoms with Crippen LogP contribution in [0.1, 0.15) is 6.42 Å². The van der Waals surface area contributed by atoms with Crippen LogP contribution in [0, 0.1) is 0 Å². The van der Waals surface area contributed by atoms with E-state index in [-0.39, 0.29) is 6.61 Å². The molecular weight excluding hydrogens is 118 g/mol. The molecule has 3 heteroatoms. The molecule has 0 aromatic rings. The van der Waals surface area contributed by atoms with Gasteiger partial charge in [0.1, 0.15) is 0 Å². The van der Waals surface area contributed by atoms with Crippen molar-refractivity contribution in [1.29, 1.82) is 0 Å². The minimum atomic E-state index is 0.00102. The highest BCUT2D eigenvalue weighted by atomic mass is 16.5. The van der Waals surface area contributed by atoms with E-state index in [1.165, 1.54) is 0 Å². The summed E-state index contributed by atoms with van der Waals surface area (Å²) in [5, 5.41) is 13.3. The Kier molecular flexibility index (Phi) is 2.97. The number of hydrogen-bond acceptors (Lipinski definition) is 2. The molecule has 1 saturated heterocycles. The van der Waals surface area contributed by atoms with Gasteiger partial charge in [0, 0.05) is 12.6 Å². The first-order valence-corrected chi connectivity index (χ1v) is 3.32. The monoisotopic (exact) mass is 130 g/mol. The normalized spacial score (nSPS) is 28.3. The van der Waals surface area contributed by atoms with E-state index in [9.17, 15) is 5.11 Å². The van der Waals surface area contributed by atoms with Gasteiger partial charge in [0.2, 0.25) is 0 Å². The van der Waals surface area contributed by atoms with Crippen molar-refractivity contribution >= 4 is 0 Å². The second-order valence-corrected chi connectivity index (χ2v) is 2.22. The largest absolute Gasteiger partial charge is 0.379 e. The van der Waals surface area contributed by atoms with E-state index in [1.807, 2.05) is 0 Å². The quantitative estimate of drug-likeness (QED) is 0.562. The van der Waals surface area contributed by atoms with E-state index in [1.54, 1.807) is 0 Å². The molecule has 1 N–H and O–H groups in total. The Morgan fingerprint density at radius 1 is 1.67 bits per heavy atom. The molecule has 0 aromatic carbocycles. The SMILES string of the molecule is [O]CCC1COCCN1. The summed E-state index contributed by atoms with van der Waals surface area (Å²) in [6, 6.07) is 0.316. The third-order valence-corrected chi connectivity index (χ3v) is 1.46. The van der Waals surface area contributed by atoms with Gasteiger partial charge in [-0.25, -0.2) is 5.11 Å². The molecule has 0 aromatic heterocycles. The fourth-order valence-electron chi connectivity index (χ4n) is 0.947. The molecule has 1 atom stereocenters. The highest BCUT2D eigenvalue weighted by molar-refractivity contribution is 4.68. The van der Waals surface area contributed by atoms with Crippen molar-refractivity contribution in [2.45, 2.75) is 12.5 Å². The first-order valence-electron chi connectivity index (χ1n) is 3.32. The minimum absolute atomic E-state index is 0.00102. The van der Waals surface area contributed by atoms with Crippen molar-refractivity contribution in [1.82, 2.24) is 5.32 Å². The van der Waals surface area contributed by atoms with E-state index >= 15 is 0 Å². The molecule has 1 fully saturated rings. The zero-order valence-corrected chi connectivity index (χ0v) is 5.43. The summed E-state index contributed by atoms with van der Waals surface area (Å²) in [4.78, 5) is 0. The van der Waals surface area contributed by atoms with Crippen LogP contribution in [-0.2, 0) is 9.84 Å². The molecule has 1 rings (SSSR count). The van der Waals surface area contributed by atoms with Crippen LogP contribution in [0.3, 0.4) is 0 Å². The maximum absolute atomic E-state index is 10.1. The molecule has 0 aliphatic carbocycles. The Morgan fingerprint density at radius 2 is 2.56 bits per heavy atom. The van der Waals surface area contributed by atoms with Gasteiger partial charge >= 0.3 is 0 Å². The van der Waals surface area contributed by atoms with Gasteiger partial charge in [-0.2, -0.15) is 0 Å². The van der Waals surface area contributed by atoms with Crippen LogP contribution in [0.2, 0.25) is 0 Å². The Morgan fingerprint density at radius 3 is 3.11 bits per heavy atom. The van der Waals surface area contributed by atoms with Crippen LogP contribution in [0.4, 0.5) is 0 Å². The van der Waals surface area contributed by atoms with Gasteiger partial charge in [-0.1, -0.05) is 0 Å². The molecule has 1 aliphatic rings. The zero-order chi connectivity index (χ0) is 6.53. The number of hydrogen-bond donors (Lipinski definition) is 1. The van der Waals surface area contributed by atoms with Crippen LogP contribution < -0.4 is 5.32 Å². The molecule has 1 heterocycles. The van der Waals surface area contributed by atoms with E-state index in [0.29, 0.717) is 19.1 Å². The summed E-state index contributed by atoms with van der Waals surface area (Å²) in [7, 11) is 0. The third-order valence-electron chi connectivity index (χ3n) is 1.46.